The van der Waals surface area contributed by atoms with Gasteiger partial charge in [0.25, 0.3) is 0 Å². The average molecular weight is 472 g/mol. The fourth-order valence-corrected chi connectivity index (χ4v) is 5.20. The van der Waals surface area contributed by atoms with Crippen LogP contribution in [-0.4, -0.2) is 35.8 Å². The first-order chi connectivity index (χ1) is 16.1. The molecular formula is C25H30FN3O3S. The highest BCUT2D eigenvalue weighted by atomic mass is 32.1. The van der Waals surface area contributed by atoms with Crippen molar-refractivity contribution in [1.82, 2.24) is 9.97 Å². The molecule has 6 nitrogen and oxygen atoms in total. The zero-order chi connectivity index (χ0) is 23.0. The summed E-state index contributed by atoms with van der Waals surface area (Å²) in [7, 11) is 0. The first kappa shape index (κ1) is 23.6. The quantitative estimate of drug-likeness (QED) is 0.305. The van der Waals surface area contributed by atoms with Crippen LogP contribution in [0, 0.1) is 5.82 Å². The molecular weight excluding hydrogens is 441 g/mol. The number of esters is 1. The number of carbonyl (C=O) groups is 1. The number of aryl methyl sites for hydroxylation is 2. The first-order valence-corrected chi connectivity index (χ1v) is 12.5. The molecule has 0 aliphatic heterocycles. The molecule has 1 N–H and O–H groups in total. The van der Waals surface area contributed by atoms with Crippen LogP contribution in [0.15, 0.2) is 24.3 Å². The lowest BCUT2D eigenvalue weighted by atomic mass is 9.97. The second kappa shape index (κ2) is 11.5. The Kier molecular flexibility index (Phi) is 8.23. The number of benzene rings is 1. The van der Waals surface area contributed by atoms with Gasteiger partial charge in [0, 0.05) is 17.8 Å². The Morgan fingerprint density at radius 2 is 1.97 bits per heavy atom. The maximum atomic E-state index is 13.3. The Hall–Kier alpha value is -2.58. The number of nitrogens with zero attached hydrogens (tertiary/aromatic N) is 2. The highest BCUT2D eigenvalue weighted by Gasteiger charge is 2.21. The Bertz CT molecular complexity index is 1080. The van der Waals surface area contributed by atoms with Gasteiger partial charge in [0.05, 0.1) is 18.6 Å². The number of ether oxygens (including phenoxy) is 2. The van der Waals surface area contributed by atoms with Gasteiger partial charge in [-0.2, -0.15) is 0 Å². The second-order valence-corrected chi connectivity index (χ2v) is 9.32. The van der Waals surface area contributed by atoms with Crippen LogP contribution >= 0.6 is 11.3 Å². The molecule has 0 amide bonds. The van der Waals surface area contributed by atoms with Gasteiger partial charge in [-0.1, -0.05) is 25.5 Å². The van der Waals surface area contributed by atoms with Gasteiger partial charge in [0.15, 0.2) is 0 Å². The summed E-state index contributed by atoms with van der Waals surface area (Å²) in [5.41, 5.74) is 2.35. The van der Waals surface area contributed by atoms with Gasteiger partial charge >= 0.3 is 5.97 Å². The molecule has 0 saturated carbocycles. The Balaban J connectivity index is 1.45. The molecule has 1 aliphatic carbocycles. The summed E-state index contributed by atoms with van der Waals surface area (Å²) < 4.78 is 23.9. The third kappa shape index (κ3) is 6.26. The minimum Gasteiger partial charge on any atom is -0.464 e. The highest BCUT2D eigenvalue weighted by Crippen LogP contribution is 2.38. The van der Waals surface area contributed by atoms with E-state index in [1.165, 1.54) is 35.4 Å². The Morgan fingerprint density at radius 3 is 2.79 bits per heavy atom. The van der Waals surface area contributed by atoms with Crippen LogP contribution in [0.25, 0.3) is 10.2 Å². The number of nitrogens with one attached hydrogen (secondary N) is 1. The average Bonchev–Trinajstić information content (AvgIpc) is 3.20. The maximum Gasteiger partial charge on any atom is 0.332 e. The zero-order valence-electron chi connectivity index (χ0n) is 19.0. The lowest BCUT2D eigenvalue weighted by Crippen LogP contribution is -2.15. The molecule has 0 fully saturated rings. The minimum atomic E-state index is -0.340. The number of fused-ring (bicyclic) bond motifs is 3. The van der Waals surface area contributed by atoms with Crippen LogP contribution < -0.4 is 5.32 Å². The molecule has 2 aromatic heterocycles. The Morgan fingerprint density at radius 1 is 1.15 bits per heavy atom. The van der Waals surface area contributed by atoms with Crippen molar-refractivity contribution >= 4 is 33.3 Å². The molecule has 1 aromatic carbocycles. The van der Waals surface area contributed by atoms with Crippen LogP contribution in [0.2, 0.25) is 0 Å². The van der Waals surface area contributed by atoms with Gasteiger partial charge in [-0.25, -0.2) is 19.2 Å². The van der Waals surface area contributed by atoms with E-state index in [-0.39, 0.29) is 18.4 Å². The second-order valence-electron chi connectivity index (χ2n) is 8.24. The van der Waals surface area contributed by atoms with Gasteiger partial charge in [-0.15, -0.1) is 11.3 Å². The van der Waals surface area contributed by atoms with Crippen molar-refractivity contribution in [2.24, 2.45) is 0 Å². The van der Waals surface area contributed by atoms with Crippen molar-refractivity contribution in [3.63, 3.8) is 0 Å². The van der Waals surface area contributed by atoms with Crippen LogP contribution in [0.4, 0.5) is 10.2 Å². The Labute approximate surface area is 197 Å². The molecule has 33 heavy (non-hydrogen) atoms. The van der Waals surface area contributed by atoms with Crippen molar-refractivity contribution in [1.29, 1.82) is 0 Å². The molecule has 3 aromatic rings. The molecule has 0 saturated heterocycles. The number of carbonyl (C=O) groups excluding carboxylic acids is 1. The van der Waals surface area contributed by atoms with Crippen molar-refractivity contribution < 1.29 is 18.7 Å². The molecule has 0 atom stereocenters. The molecule has 176 valence electrons. The van der Waals surface area contributed by atoms with Crippen LogP contribution in [0.5, 0.6) is 0 Å². The molecule has 0 spiro atoms. The summed E-state index contributed by atoms with van der Waals surface area (Å²) in [6.07, 6.45) is 6.88. The third-order valence-corrected chi connectivity index (χ3v) is 6.87. The van der Waals surface area contributed by atoms with Gasteiger partial charge in [-0.05, 0) is 55.4 Å². The number of unbranched alkanes of at least 4 members (excludes halogenated alkanes) is 1. The summed E-state index contributed by atoms with van der Waals surface area (Å²) in [4.78, 5) is 23.7. The SMILES string of the molecule is CCCCOC(=O)COCCc1nc(NCc2ccc(F)cc2)c2c3c(sc2n1)CCCC3. The molecule has 0 bridgehead atoms. The maximum absolute atomic E-state index is 13.3. The monoisotopic (exact) mass is 471 g/mol. The summed E-state index contributed by atoms with van der Waals surface area (Å²) in [5, 5.41) is 4.57. The van der Waals surface area contributed by atoms with Gasteiger partial charge < -0.3 is 14.8 Å². The van der Waals surface area contributed by atoms with Crippen LogP contribution in [0.1, 0.15) is 54.4 Å². The van der Waals surface area contributed by atoms with Gasteiger partial charge in [-0.3, -0.25) is 0 Å². The number of halogens is 1. The standard InChI is InChI=1S/C25H30FN3O3S/c1-2-3-13-32-22(30)16-31-14-12-21-28-24(27-15-17-8-10-18(26)11-9-17)23-19-6-4-5-7-20(19)33-25(23)29-21/h8-11H,2-7,12-16H2,1H3,(H,27,28,29). The van der Waals surface area contributed by atoms with Crippen molar-refractivity contribution in [2.75, 3.05) is 25.1 Å². The van der Waals surface area contributed by atoms with Crippen molar-refractivity contribution in [3.05, 3.63) is 51.9 Å². The summed E-state index contributed by atoms with van der Waals surface area (Å²) in [6, 6.07) is 6.49. The predicted molar refractivity (Wildman–Crippen MR) is 128 cm³/mol. The minimum absolute atomic E-state index is 0.0606. The molecule has 1 aliphatic rings. The number of thiophene rings is 1. The van der Waals surface area contributed by atoms with E-state index < -0.39 is 0 Å². The van der Waals surface area contributed by atoms with Crippen LogP contribution in [-0.2, 0) is 40.1 Å². The number of anilines is 1. The number of hydrogen-bond acceptors (Lipinski definition) is 7. The topological polar surface area (TPSA) is 73.3 Å². The highest BCUT2D eigenvalue weighted by molar-refractivity contribution is 7.19. The summed E-state index contributed by atoms with van der Waals surface area (Å²) >= 11 is 1.75. The van der Waals surface area contributed by atoms with E-state index in [9.17, 15) is 9.18 Å². The van der Waals surface area contributed by atoms with Crippen molar-refractivity contribution in [2.45, 2.75) is 58.4 Å². The molecule has 0 unspecified atom stereocenters. The molecule has 0 radical (unpaired) electrons. The molecule has 8 heteroatoms. The first-order valence-electron chi connectivity index (χ1n) is 11.7. The number of hydrogen-bond donors (Lipinski definition) is 1. The van der Waals surface area contributed by atoms with E-state index in [0.29, 0.717) is 32.0 Å². The van der Waals surface area contributed by atoms with E-state index >= 15 is 0 Å². The van der Waals surface area contributed by atoms with Crippen molar-refractivity contribution in [3.8, 4) is 0 Å². The normalized spacial score (nSPS) is 13.2. The fourth-order valence-electron chi connectivity index (χ4n) is 3.92. The van der Waals surface area contributed by atoms with Gasteiger partial charge in [0.1, 0.15) is 28.9 Å². The smallest absolute Gasteiger partial charge is 0.332 e. The van der Waals surface area contributed by atoms with E-state index in [2.05, 4.69) is 5.32 Å². The largest absolute Gasteiger partial charge is 0.464 e. The third-order valence-electron chi connectivity index (χ3n) is 5.69. The number of rotatable bonds is 11. The van der Waals surface area contributed by atoms with Gasteiger partial charge in [0.2, 0.25) is 0 Å². The van der Waals surface area contributed by atoms with E-state index in [0.717, 1.165) is 47.3 Å². The summed E-state index contributed by atoms with van der Waals surface area (Å²) in [5.74, 6) is 0.916. The van der Waals surface area contributed by atoms with E-state index in [1.54, 1.807) is 23.5 Å². The molecule has 2 heterocycles. The zero-order valence-corrected chi connectivity index (χ0v) is 19.8. The van der Waals surface area contributed by atoms with E-state index in [4.69, 9.17) is 19.4 Å². The molecule has 4 rings (SSSR count). The fraction of sp³-hybridized carbons (Fsp3) is 0.480. The van der Waals surface area contributed by atoms with Crippen LogP contribution in [0.3, 0.4) is 0 Å². The summed E-state index contributed by atoms with van der Waals surface area (Å²) in [6.45, 7) is 3.32. The predicted octanol–water partition coefficient (Wildman–Crippen LogP) is 5.22. The lowest BCUT2D eigenvalue weighted by molar-refractivity contribution is -0.149. The van der Waals surface area contributed by atoms with E-state index in [1.807, 2.05) is 6.92 Å². The number of aromatic nitrogens is 2. The lowest BCUT2D eigenvalue weighted by Gasteiger charge is -2.13.